The average molecular weight is 664 g/mol. The van der Waals surface area contributed by atoms with Crippen molar-refractivity contribution in [3.8, 4) is 0 Å². The molecule has 6 rings (SSSR count). The molecule has 3 amide bonds. The number of anilines is 1. The van der Waals surface area contributed by atoms with Crippen LogP contribution >= 0.6 is 11.6 Å². The van der Waals surface area contributed by atoms with Crippen molar-refractivity contribution >= 4 is 41.0 Å². The van der Waals surface area contributed by atoms with Crippen molar-refractivity contribution in [2.75, 3.05) is 38.3 Å². The molecule has 1 spiro atoms. The molecule has 0 unspecified atom stereocenters. The van der Waals surface area contributed by atoms with Gasteiger partial charge in [-0.3, -0.25) is 19.2 Å². The van der Waals surface area contributed by atoms with Crippen LogP contribution in [0.2, 0.25) is 5.02 Å². The molecule has 2 aromatic rings. The summed E-state index contributed by atoms with van der Waals surface area (Å²) in [6, 6.07) is 12.4. The van der Waals surface area contributed by atoms with Gasteiger partial charge in [-0.1, -0.05) is 78.4 Å². The normalized spacial score (nSPS) is 31.6. The summed E-state index contributed by atoms with van der Waals surface area (Å²) in [5, 5.41) is 13.4. The van der Waals surface area contributed by atoms with Crippen LogP contribution in [0.5, 0.6) is 0 Å². The number of hydrogen-bond donors (Lipinski definition) is 2. The number of nitrogens with zero attached hydrogens (tertiary/aromatic N) is 2. The Balaban J connectivity index is 1.45. The number of carbonyl (C=O) groups excluding carboxylic acids is 4. The summed E-state index contributed by atoms with van der Waals surface area (Å²) in [6.07, 6.45) is 5.52. The van der Waals surface area contributed by atoms with Crippen LogP contribution in [0.3, 0.4) is 0 Å². The first kappa shape index (κ1) is 32.9. The third-order valence-corrected chi connectivity index (χ3v) is 9.66. The Morgan fingerprint density at radius 2 is 1.85 bits per heavy atom. The Labute approximate surface area is 278 Å². The van der Waals surface area contributed by atoms with E-state index in [0.717, 1.165) is 5.56 Å². The molecule has 4 heterocycles. The zero-order valence-corrected chi connectivity index (χ0v) is 27.0. The van der Waals surface area contributed by atoms with Gasteiger partial charge in [-0.2, -0.15) is 0 Å². The third-order valence-electron chi connectivity index (χ3n) is 9.36. The van der Waals surface area contributed by atoms with Gasteiger partial charge < -0.3 is 34.4 Å². The SMILES string of the molecule is COC[C@@H]1NC(=O)CC/C=C\[C@@H]2O[C@@]34C=CCN(c5c(C)cccc5Cl)C(=O)[C@@H]3N(CCO)C(=O)[C@H]4[C@@H]2C(=O)O[C@H]1c1ccccc1. The fraction of sp³-hybridized carbons (Fsp3) is 0.429. The summed E-state index contributed by atoms with van der Waals surface area (Å²) in [6.45, 7) is 1.51. The van der Waals surface area contributed by atoms with Crippen molar-refractivity contribution in [1.29, 1.82) is 0 Å². The molecule has 4 aliphatic heterocycles. The van der Waals surface area contributed by atoms with Crippen LogP contribution in [0.25, 0.3) is 0 Å². The second kappa shape index (κ2) is 13.6. The van der Waals surface area contributed by atoms with Crippen LogP contribution in [0.15, 0.2) is 72.8 Å². The van der Waals surface area contributed by atoms with Gasteiger partial charge in [-0.25, -0.2) is 0 Å². The Kier molecular flexibility index (Phi) is 9.52. The molecule has 0 aliphatic carbocycles. The van der Waals surface area contributed by atoms with E-state index in [1.54, 1.807) is 60.7 Å². The number of amides is 3. The zero-order valence-electron chi connectivity index (χ0n) is 26.2. The Morgan fingerprint density at radius 3 is 2.57 bits per heavy atom. The lowest BCUT2D eigenvalue weighted by molar-refractivity contribution is -0.162. The van der Waals surface area contributed by atoms with Crippen molar-refractivity contribution < 1.29 is 38.5 Å². The minimum atomic E-state index is -1.55. The molecular formula is C35H38ClN3O8. The minimum absolute atomic E-state index is 0.0617. The number of aliphatic hydroxyl groups excluding tert-OH is 1. The number of likely N-dealkylation sites (tertiary alicyclic amines) is 1. The number of aliphatic hydroxyl groups is 1. The Bertz CT molecular complexity index is 1580. The van der Waals surface area contributed by atoms with Gasteiger partial charge in [0.15, 0.2) is 0 Å². The highest BCUT2D eigenvalue weighted by Gasteiger charge is 2.72. The predicted octanol–water partition coefficient (Wildman–Crippen LogP) is 2.89. The quantitative estimate of drug-likeness (QED) is 0.356. The van der Waals surface area contributed by atoms with Gasteiger partial charge >= 0.3 is 5.97 Å². The van der Waals surface area contributed by atoms with Crippen molar-refractivity contribution in [2.45, 2.75) is 49.7 Å². The molecule has 2 N–H and O–H groups in total. The molecule has 2 fully saturated rings. The summed E-state index contributed by atoms with van der Waals surface area (Å²) < 4.78 is 18.4. The van der Waals surface area contributed by atoms with Crippen LogP contribution in [-0.4, -0.2) is 90.9 Å². The number of methoxy groups -OCH3 is 1. The van der Waals surface area contributed by atoms with E-state index in [0.29, 0.717) is 22.7 Å². The number of rotatable bonds is 6. The van der Waals surface area contributed by atoms with Gasteiger partial charge in [0.1, 0.15) is 23.7 Å². The maximum Gasteiger partial charge on any atom is 0.313 e. The lowest BCUT2D eigenvalue weighted by Crippen LogP contribution is -2.56. The van der Waals surface area contributed by atoms with Crippen LogP contribution in [0.4, 0.5) is 5.69 Å². The predicted molar refractivity (Wildman–Crippen MR) is 172 cm³/mol. The van der Waals surface area contributed by atoms with Crippen LogP contribution in [0.1, 0.15) is 30.1 Å². The molecule has 4 aliphatic rings. The van der Waals surface area contributed by atoms with Crippen molar-refractivity contribution in [2.24, 2.45) is 11.8 Å². The molecule has 11 nitrogen and oxygen atoms in total. The first-order valence-electron chi connectivity index (χ1n) is 15.8. The fourth-order valence-corrected chi connectivity index (χ4v) is 7.73. The van der Waals surface area contributed by atoms with E-state index in [-0.39, 0.29) is 32.0 Å². The number of halogens is 1. The summed E-state index contributed by atoms with van der Waals surface area (Å²) in [4.78, 5) is 59.2. The number of nitrogens with one attached hydrogen (secondary N) is 1. The van der Waals surface area contributed by atoms with Gasteiger partial charge in [0.2, 0.25) is 11.8 Å². The summed E-state index contributed by atoms with van der Waals surface area (Å²) in [5.74, 6) is -4.17. The molecule has 47 heavy (non-hydrogen) atoms. The molecule has 0 bridgehead atoms. The summed E-state index contributed by atoms with van der Waals surface area (Å²) in [5.41, 5.74) is 0.366. The summed E-state index contributed by atoms with van der Waals surface area (Å²) >= 11 is 6.60. The molecule has 0 radical (unpaired) electrons. The molecule has 2 saturated heterocycles. The largest absolute Gasteiger partial charge is 0.455 e. The van der Waals surface area contributed by atoms with Gasteiger partial charge in [0.05, 0.1) is 42.0 Å². The number of fused-ring (bicyclic) bond motifs is 2. The summed E-state index contributed by atoms with van der Waals surface area (Å²) in [7, 11) is 1.50. The maximum absolute atomic E-state index is 14.6. The number of ether oxygens (including phenoxy) is 3. The van der Waals surface area contributed by atoms with E-state index >= 15 is 0 Å². The lowest BCUT2D eigenvalue weighted by Gasteiger charge is -2.35. The van der Waals surface area contributed by atoms with E-state index < -0.39 is 66.1 Å². The van der Waals surface area contributed by atoms with E-state index in [1.807, 2.05) is 19.1 Å². The first-order chi connectivity index (χ1) is 22.7. The Hall–Kier alpha value is -4.03. The monoisotopic (exact) mass is 663 g/mol. The highest BCUT2D eigenvalue weighted by Crippen LogP contribution is 2.53. The second-order valence-electron chi connectivity index (χ2n) is 12.2. The number of β-amino-alcohol motifs (C(OH)–C–C–N with tert-alkyl or cyclic N) is 1. The molecule has 7 atom stereocenters. The third kappa shape index (κ3) is 5.86. The molecule has 0 aromatic heterocycles. The first-order valence-corrected chi connectivity index (χ1v) is 16.1. The molecular weight excluding hydrogens is 626 g/mol. The van der Waals surface area contributed by atoms with E-state index in [1.165, 1.54) is 16.9 Å². The van der Waals surface area contributed by atoms with Gasteiger partial charge in [-0.15, -0.1) is 0 Å². The van der Waals surface area contributed by atoms with Gasteiger partial charge in [0.25, 0.3) is 5.91 Å². The lowest BCUT2D eigenvalue weighted by atomic mass is 9.77. The van der Waals surface area contributed by atoms with E-state index in [4.69, 9.17) is 25.8 Å². The number of esters is 1. The average Bonchev–Trinajstić information content (AvgIpc) is 3.43. The number of cyclic esters (lactones) is 1. The van der Waals surface area contributed by atoms with E-state index in [2.05, 4.69) is 5.32 Å². The minimum Gasteiger partial charge on any atom is -0.455 e. The van der Waals surface area contributed by atoms with Crippen molar-refractivity contribution in [3.63, 3.8) is 0 Å². The highest BCUT2D eigenvalue weighted by atomic mass is 35.5. The topological polar surface area (TPSA) is 135 Å². The molecule has 248 valence electrons. The number of benzene rings is 2. The van der Waals surface area contributed by atoms with Gasteiger partial charge in [-0.05, 0) is 30.5 Å². The number of para-hydroxylation sites is 1. The fourth-order valence-electron chi connectivity index (χ4n) is 7.40. The van der Waals surface area contributed by atoms with Crippen LogP contribution < -0.4 is 10.2 Å². The number of aryl methyl sites for hydroxylation is 1. The highest BCUT2D eigenvalue weighted by molar-refractivity contribution is 6.34. The smallest absolute Gasteiger partial charge is 0.313 e. The van der Waals surface area contributed by atoms with Crippen molar-refractivity contribution in [3.05, 3.63) is 89.0 Å². The van der Waals surface area contributed by atoms with E-state index in [9.17, 15) is 24.3 Å². The standard InChI is InChI=1S/C35H38ClN3O8/c1-21-10-8-13-23(36)29(21)38-17-9-16-35-28(32(42)39(18-19-40)31(35)33(38)43)27-25(47-35)14-6-7-15-26(41)37-24(20-45-2)30(46-34(27)44)22-11-4-3-5-12-22/h3-6,8-14,16,24-25,27-28,30-31,40H,7,15,17-20H2,1-2H3,(H,37,41)/b14-6-/t24-,25-,27+,28+,30-,31-,35+/m0/s1. The Morgan fingerprint density at radius 1 is 1.06 bits per heavy atom. The number of carbonyl (C=O) groups is 4. The number of allylic oxidation sites excluding steroid dienone is 1. The number of hydrogen-bond acceptors (Lipinski definition) is 8. The second-order valence-corrected chi connectivity index (χ2v) is 12.6. The molecule has 0 saturated carbocycles. The van der Waals surface area contributed by atoms with Crippen LogP contribution in [-0.2, 0) is 33.4 Å². The molecule has 2 aromatic carbocycles. The van der Waals surface area contributed by atoms with Gasteiger partial charge in [0, 0.05) is 26.6 Å². The van der Waals surface area contributed by atoms with Crippen molar-refractivity contribution in [1.82, 2.24) is 10.2 Å². The zero-order chi connectivity index (χ0) is 33.3. The molecule has 12 heteroatoms. The maximum atomic E-state index is 14.6. The van der Waals surface area contributed by atoms with Crippen LogP contribution in [0, 0.1) is 18.8 Å².